The number of ether oxygens (including phenoxy) is 1. The first-order chi connectivity index (χ1) is 8.93. The Hall–Kier alpha value is -1.11. The molecule has 0 bridgehead atoms. The number of hydrogen-bond acceptors (Lipinski definition) is 4. The molecule has 0 radical (unpaired) electrons. The lowest BCUT2D eigenvalue weighted by Gasteiger charge is -2.15. The number of benzene rings is 1. The van der Waals surface area contributed by atoms with E-state index in [2.05, 4.69) is 12.2 Å². The van der Waals surface area contributed by atoms with Gasteiger partial charge in [-0.2, -0.15) is 0 Å². The first-order valence-electron chi connectivity index (χ1n) is 6.23. The predicted molar refractivity (Wildman–Crippen MR) is 75.9 cm³/mol. The lowest BCUT2D eigenvalue weighted by Crippen LogP contribution is -2.22. The molecule has 0 atom stereocenters. The monoisotopic (exact) mass is 286 g/mol. The summed E-state index contributed by atoms with van der Waals surface area (Å²) in [4.78, 5) is 0.284. The van der Waals surface area contributed by atoms with Crippen LogP contribution in [0.25, 0.3) is 0 Å². The topological polar surface area (TPSA) is 58.6 Å². The average Bonchev–Trinajstić information content (AvgIpc) is 2.38. The second kappa shape index (κ2) is 6.88. The van der Waals surface area contributed by atoms with E-state index in [-0.39, 0.29) is 4.90 Å². The van der Waals surface area contributed by atoms with Gasteiger partial charge in [0.25, 0.3) is 0 Å². The van der Waals surface area contributed by atoms with Crippen LogP contribution in [0.2, 0.25) is 0 Å². The van der Waals surface area contributed by atoms with E-state index in [1.165, 1.54) is 18.4 Å². The van der Waals surface area contributed by atoms with Gasteiger partial charge in [0.15, 0.2) is 0 Å². The Morgan fingerprint density at radius 1 is 1.32 bits per heavy atom. The molecule has 0 amide bonds. The maximum Gasteiger partial charge on any atom is 0.242 e. The number of rotatable bonds is 7. The van der Waals surface area contributed by atoms with Crippen molar-refractivity contribution in [1.82, 2.24) is 9.62 Å². The highest BCUT2D eigenvalue weighted by Crippen LogP contribution is 2.23. The van der Waals surface area contributed by atoms with Crippen LogP contribution in [-0.2, 0) is 16.6 Å². The van der Waals surface area contributed by atoms with Gasteiger partial charge in [-0.3, -0.25) is 0 Å². The van der Waals surface area contributed by atoms with Gasteiger partial charge in [0, 0.05) is 26.2 Å². The zero-order chi connectivity index (χ0) is 14.5. The van der Waals surface area contributed by atoms with Crippen LogP contribution in [0, 0.1) is 0 Å². The number of hydrogen-bond donors (Lipinski definition) is 1. The number of sulfonamides is 1. The summed E-state index contributed by atoms with van der Waals surface area (Å²) in [7, 11) is 1.22. The molecule has 0 fully saturated rings. The van der Waals surface area contributed by atoms with Crippen LogP contribution < -0.4 is 10.1 Å². The summed E-state index contributed by atoms with van der Waals surface area (Å²) in [5.74, 6) is 0.696. The summed E-state index contributed by atoms with van der Waals surface area (Å²) in [6.45, 7) is 3.55. The molecule has 1 rings (SSSR count). The summed E-state index contributed by atoms with van der Waals surface area (Å²) >= 11 is 0. The van der Waals surface area contributed by atoms with Gasteiger partial charge in [-0.1, -0.05) is 6.92 Å². The Kier molecular flexibility index (Phi) is 5.78. The molecular weight excluding hydrogens is 264 g/mol. The molecule has 0 saturated carbocycles. The van der Waals surface area contributed by atoms with Crippen molar-refractivity contribution < 1.29 is 13.2 Å². The van der Waals surface area contributed by atoms with E-state index in [1.54, 1.807) is 25.3 Å². The number of nitrogens with one attached hydrogen (secondary N) is 1. The van der Waals surface area contributed by atoms with Crippen molar-refractivity contribution in [3.8, 4) is 5.75 Å². The van der Waals surface area contributed by atoms with E-state index >= 15 is 0 Å². The quantitative estimate of drug-likeness (QED) is 0.771. The smallest absolute Gasteiger partial charge is 0.242 e. The fourth-order valence-corrected chi connectivity index (χ4v) is 2.62. The maximum absolute atomic E-state index is 12.1. The van der Waals surface area contributed by atoms with Gasteiger partial charge < -0.3 is 10.1 Å². The van der Waals surface area contributed by atoms with E-state index in [1.807, 2.05) is 0 Å². The Labute approximate surface area is 115 Å². The third-order valence-electron chi connectivity index (χ3n) is 2.77. The molecule has 0 aromatic heterocycles. The van der Waals surface area contributed by atoms with Crippen molar-refractivity contribution >= 4 is 10.0 Å². The van der Waals surface area contributed by atoms with Crippen LogP contribution in [-0.4, -0.2) is 40.5 Å². The molecular formula is C13H22N2O3S. The summed E-state index contributed by atoms with van der Waals surface area (Å²) in [6, 6.07) is 4.92. The molecule has 0 spiro atoms. The van der Waals surface area contributed by atoms with E-state index in [9.17, 15) is 8.42 Å². The Morgan fingerprint density at radius 2 is 2.00 bits per heavy atom. The maximum atomic E-state index is 12.1. The van der Waals surface area contributed by atoms with E-state index < -0.39 is 10.0 Å². The third kappa shape index (κ3) is 3.92. The standard InChI is InChI=1S/C13H22N2O3S/c1-5-8-14-10-11-9-12(6-7-13(11)18-4)19(16,17)15(2)3/h6-7,9,14H,5,8,10H2,1-4H3. The second-order valence-electron chi connectivity index (χ2n) is 4.44. The van der Waals surface area contributed by atoms with E-state index in [4.69, 9.17) is 4.74 Å². The first kappa shape index (κ1) is 15.9. The van der Waals surface area contributed by atoms with Crippen LogP contribution in [0.4, 0.5) is 0 Å². The molecule has 0 saturated heterocycles. The molecule has 0 unspecified atom stereocenters. The second-order valence-corrected chi connectivity index (χ2v) is 6.59. The minimum atomic E-state index is -3.40. The van der Waals surface area contributed by atoms with Gasteiger partial charge >= 0.3 is 0 Å². The molecule has 5 nitrogen and oxygen atoms in total. The van der Waals surface area contributed by atoms with Gasteiger partial charge in [-0.25, -0.2) is 12.7 Å². The SMILES string of the molecule is CCCNCc1cc(S(=O)(=O)N(C)C)ccc1OC. The average molecular weight is 286 g/mol. The molecule has 0 aliphatic rings. The van der Waals surface area contributed by atoms with Crippen molar-refractivity contribution in [2.24, 2.45) is 0 Å². The van der Waals surface area contributed by atoms with Crippen molar-refractivity contribution in [3.05, 3.63) is 23.8 Å². The number of nitrogens with zero attached hydrogens (tertiary/aromatic N) is 1. The third-order valence-corrected chi connectivity index (χ3v) is 4.58. The Balaban J connectivity index is 3.08. The van der Waals surface area contributed by atoms with Crippen molar-refractivity contribution in [2.45, 2.75) is 24.8 Å². The van der Waals surface area contributed by atoms with E-state index in [0.29, 0.717) is 12.3 Å². The normalized spacial score (nSPS) is 11.8. The summed E-state index contributed by atoms with van der Waals surface area (Å²) in [6.07, 6.45) is 1.03. The lowest BCUT2D eigenvalue weighted by molar-refractivity contribution is 0.407. The molecule has 0 heterocycles. The lowest BCUT2D eigenvalue weighted by atomic mass is 10.2. The van der Waals surface area contributed by atoms with Crippen LogP contribution in [0.5, 0.6) is 5.75 Å². The van der Waals surface area contributed by atoms with Gasteiger partial charge in [-0.05, 0) is 31.2 Å². The Morgan fingerprint density at radius 3 is 2.53 bits per heavy atom. The molecule has 0 aliphatic carbocycles. The highest BCUT2D eigenvalue weighted by molar-refractivity contribution is 7.89. The molecule has 19 heavy (non-hydrogen) atoms. The fourth-order valence-electron chi connectivity index (χ4n) is 1.66. The Bertz CT molecular complexity index is 513. The van der Waals surface area contributed by atoms with Crippen molar-refractivity contribution in [1.29, 1.82) is 0 Å². The molecule has 0 aliphatic heterocycles. The molecule has 1 aromatic rings. The fraction of sp³-hybridized carbons (Fsp3) is 0.538. The summed E-state index contributed by atoms with van der Waals surface area (Å²) in [5, 5.41) is 3.25. The minimum absolute atomic E-state index is 0.284. The largest absolute Gasteiger partial charge is 0.496 e. The van der Waals surface area contributed by atoms with Gasteiger partial charge in [-0.15, -0.1) is 0 Å². The zero-order valence-electron chi connectivity index (χ0n) is 11.9. The van der Waals surface area contributed by atoms with Crippen LogP contribution in [0.1, 0.15) is 18.9 Å². The van der Waals surface area contributed by atoms with Crippen molar-refractivity contribution in [3.63, 3.8) is 0 Å². The number of methoxy groups -OCH3 is 1. The van der Waals surface area contributed by atoms with Gasteiger partial charge in [0.1, 0.15) is 5.75 Å². The zero-order valence-corrected chi connectivity index (χ0v) is 12.8. The first-order valence-corrected chi connectivity index (χ1v) is 7.67. The predicted octanol–water partition coefficient (Wildman–Crippen LogP) is 1.45. The highest BCUT2D eigenvalue weighted by Gasteiger charge is 2.18. The van der Waals surface area contributed by atoms with E-state index in [0.717, 1.165) is 18.5 Å². The van der Waals surface area contributed by atoms with Crippen LogP contribution in [0.15, 0.2) is 23.1 Å². The van der Waals surface area contributed by atoms with Gasteiger partial charge in [0.2, 0.25) is 10.0 Å². The summed E-state index contributed by atoms with van der Waals surface area (Å²) in [5.41, 5.74) is 0.846. The molecule has 6 heteroatoms. The molecule has 108 valence electrons. The van der Waals surface area contributed by atoms with Crippen LogP contribution >= 0.6 is 0 Å². The molecule has 1 N–H and O–H groups in total. The van der Waals surface area contributed by atoms with Gasteiger partial charge in [0.05, 0.1) is 12.0 Å². The van der Waals surface area contributed by atoms with Crippen molar-refractivity contribution in [2.75, 3.05) is 27.7 Å². The summed E-state index contributed by atoms with van der Waals surface area (Å²) < 4.78 is 30.6. The minimum Gasteiger partial charge on any atom is -0.496 e. The molecule has 1 aromatic carbocycles. The van der Waals surface area contributed by atoms with Crippen LogP contribution in [0.3, 0.4) is 0 Å². The highest BCUT2D eigenvalue weighted by atomic mass is 32.2.